The van der Waals surface area contributed by atoms with Gasteiger partial charge in [-0.15, -0.1) is 0 Å². The number of nitrogens with one attached hydrogen (secondary N) is 1. The normalized spacial score (nSPS) is 16.1. The van der Waals surface area contributed by atoms with E-state index in [1.165, 1.54) is 17.8 Å². The van der Waals surface area contributed by atoms with Crippen LogP contribution in [0.2, 0.25) is 0 Å². The topological polar surface area (TPSA) is 45.2 Å². The molecular weight excluding hydrogens is 305 g/mol. The van der Waals surface area contributed by atoms with E-state index in [-0.39, 0.29) is 11.8 Å². The minimum absolute atomic E-state index is 0.185. The van der Waals surface area contributed by atoms with Crippen LogP contribution < -0.4 is 5.32 Å². The second kappa shape index (κ2) is 8.08. The van der Waals surface area contributed by atoms with Crippen LogP contribution in [0.25, 0.3) is 0 Å². The van der Waals surface area contributed by atoms with E-state index >= 15 is 0 Å². The van der Waals surface area contributed by atoms with Crippen molar-refractivity contribution < 1.29 is 9.18 Å². The monoisotopic (exact) mass is 331 g/mol. The van der Waals surface area contributed by atoms with Crippen LogP contribution in [0.15, 0.2) is 35.7 Å². The number of rotatable bonds is 5. The SMILES string of the molecule is CCCC(C)/C(C)=C/C=C(\C)NC(=O)N1Cc2cc(F)cnc2C1. The molecule has 0 spiro atoms. The number of aromatic nitrogens is 1. The lowest BCUT2D eigenvalue weighted by molar-refractivity contribution is 0.201. The number of pyridine rings is 1. The summed E-state index contributed by atoms with van der Waals surface area (Å²) in [4.78, 5) is 18.0. The summed E-state index contributed by atoms with van der Waals surface area (Å²) >= 11 is 0. The number of urea groups is 1. The summed E-state index contributed by atoms with van der Waals surface area (Å²) in [5.41, 5.74) is 3.63. The summed E-state index contributed by atoms with van der Waals surface area (Å²) < 4.78 is 13.2. The maximum Gasteiger partial charge on any atom is 0.322 e. The van der Waals surface area contributed by atoms with Gasteiger partial charge in [-0.25, -0.2) is 9.18 Å². The fourth-order valence-electron chi connectivity index (χ4n) is 2.75. The van der Waals surface area contributed by atoms with Crippen molar-refractivity contribution in [3.05, 3.63) is 52.8 Å². The van der Waals surface area contributed by atoms with Gasteiger partial charge in [-0.3, -0.25) is 4.98 Å². The number of carbonyl (C=O) groups excluding carboxylic acids is 1. The Kier molecular flexibility index (Phi) is 6.12. The lowest BCUT2D eigenvalue weighted by atomic mass is 9.97. The van der Waals surface area contributed by atoms with Gasteiger partial charge in [0, 0.05) is 12.2 Å². The third-order valence-corrected chi connectivity index (χ3v) is 4.41. The molecule has 24 heavy (non-hydrogen) atoms. The summed E-state index contributed by atoms with van der Waals surface area (Å²) in [6, 6.07) is 1.26. The molecule has 2 amide bonds. The van der Waals surface area contributed by atoms with Crippen molar-refractivity contribution in [2.45, 2.75) is 53.6 Å². The van der Waals surface area contributed by atoms with Gasteiger partial charge in [0.05, 0.1) is 18.4 Å². The zero-order valence-electron chi connectivity index (χ0n) is 14.9. The third kappa shape index (κ3) is 4.66. The minimum Gasteiger partial charge on any atom is -0.314 e. The molecule has 0 saturated carbocycles. The smallest absolute Gasteiger partial charge is 0.314 e. The number of hydrogen-bond acceptors (Lipinski definition) is 2. The average molecular weight is 331 g/mol. The van der Waals surface area contributed by atoms with Crippen molar-refractivity contribution in [1.82, 2.24) is 15.2 Å². The predicted octanol–water partition coefficient (Wildman–Crippen LogP) is 4.53. The first-order valence-electron chi connectivity index (χ1n) is 8.45. The Morgan fingerprint density at radius 1 is 1.42 bits per heavy atom. The van der Waals surface area contributed by atoms with Gasteiger partial charge in [0.15, 0.2) is 0 Å². The Morgan fingerprint density at radius 2 is 2.17 bits per heavy atom. The van der Waals surface area contributed by atoms with Gasteiger partial charge >= 0.3 is 6.03 Å². The maximum atomic E-state index is 13.2. The number of halogens is 1. The highest BCUT2D eigenvalue weighted by atomic mass is 19.1. The molecule has 1 aliphatic rings. The quantitative estimate of drug-likeness (QED) is 0.806. The molecule has 1 atom stereocenters. The van der Waals surface area contributed by atoms with Gasteiger partial charge in [-0.05, 0) is 43.9 Å². The van der Waals surface area contributed by atoms with Crippen LogP contribution in [0.5, 0.6) is 0 Å². The Bertz CT molecular complexity index is 667. The largest absolute Gasteiger partial charge is 0.322 e. The molecule has 1 aliphatic heterocycles. The second-order valence-electron chi connectivity index (χ2n) is 6.50. The Labute approximate surface area is 143 Å². The molecule has 0 fully saturated rings. The van der Waals surface area contributed by atoms with Crippen LogP contribution >= 0.6 is 0 Å². The van der Waals surface area contributed by atoms with E-state index in [4.69, 9.17) is 0 Å². The standard InChI is InChI=1S/C19H26FN3O/c1-5-6-13(2)14(3)7-8-15(4)22-19(24)23-11-16-9-17(20)10-21-18(16)12-23/h7-10,13H,5-6,11-12H2,1-4H3,(H,22,24)/b14-7+,15-8+. The number of amides is 2. The molecule has 0 radical (unpaired) electrons. The lowest BCUT2D eigenvalue weighted by Gasteiger charge is -2.16. The first-order valence-corrected chi connectivity index (χ1v) is 8.45. The van der Waals surface area contributed by atoms with Crippen molar-refractivity contribution in [2.75, 3.05) is 0 Å². The Morgan fingerprint density at radius 3 is 2.88 bits per heavy atom. The average Bonchev–Trinajstić information content (AvgIpc) is 2.96. The summed E-state index contributed by atoms with van der Waals surface area (Å²) in [5, 5.41) is 2.88. The van der Waals surface area contributed by atoms with Crippen molar-refractivity contribution in [1.29, 1.82) is 0 Å². The highest BCUT2D eigenvalue weighted by Gasteiger charge is 2.24. The van der Waals surface area contributed by atoms with Crippen molar-refractivity contribution in [3.63, 3.8) is 0 Å². The number of nitrogens with zero attached hydrogens (tertiary/aromatic N) is 2. The van der Waals surface area contributed by atoms with Gasteiger partial charge in [0.25, 0.3) is 0 Å². The summed E-state index contributed by atoms with van der Waals surface area (Å²) in [5.74, 6) is 0.178. The molecule has 5 heteroatoms. The van der Waals surface area contributed by atoms with Gasteiger partial charge in [-0.1, -0.05) is 31.9 Å². The van der Waals surface area contributed by atoms with Gasteiger partial charge < -0.3 is 10.2 Å². The van der Waals surface area contributed by atoms with Crippen LogP contribution in [-0.4, -0.2) is 15.9 Å². The zero-order chi connectivity index (χ0) is 17.7. The zero-order valence-corrected chi connectivity index (χ0v) is 14.9. The molecule has 0 saturated heterocycles. The van der Waals surface area contributed by atoms with Gasteiger partial charge in [0.2, 0.25) is 0 Å². The predicted molar refractivity (Wildman–Crippen MR) is 93.6 cm³/mol. The molecule has 1 unspecified atom stereocenters. The molecule has 0 bridgehead atoms. The van der Waals surface area contributed by atoms with Crippen LogP contribution in [-0.2, 0) is 13.1 Å². The van der Waals surface area contributed by atoms with Crippen LogP contribution in [0.4, 0.5) is 9.18 Å². The second-order valence-corrected chi connectivity index (χ2v) is 6.50. The van der Waals surface area contributed by atoms with Crippen LogP contribution in [0.1, 0.15) is 51.8 Å². The molecule has 1 aromatic heterocycles. The van der Waals surface area contributed by atoms with E-state index < -0.39 is 0 Å². The van der Waals surface area contributed by atoms with E-state index in [1.807, 2.05) is 13.0 Å². The first kappa shape index (κ1) is 18.2. The number of hydrogen-bond donors (Lipinski definition) is 1. The van der Waals surface area contributed by atoms with E-state index in [2.05, 4.69) is 37.1 Å². The molecule has 130 valence electrons. The summed E-state index contributed by atoms with van der Waals surface area (Å²) in [7, 11) is 0. The Balaban J connectivity index is 1.93. The van der Waals surface area contributed by atoms with Crippen molar-refractivity contribution in [3.8, 4) is 0 Å². The molecule has 1 N–H and O–H groups in total. The minimum atomic E-state index is -0.367. The molecule has 0 aliphatic carbocycles. The molecule has 1 aromatic rings. The summed E-state index contributed by atoms with van der Waals surface area (Å²) in [6.07, 6.45) is 7.51. The third-order valence-electron chi connectivity index (χ3n) is 4.41. The van der Waals surface area contributed by atoms with E-state index in [0.717, 1.165) is 29.8 Å². The fraction of sp³-hybridized carbons (Fsp3) is 0.474. The van der Waals surface area contributed by atoms with Gasteiger partial charge in [0.1, 0.15) is 5.82 Å². The van der Waals surface area contributed by atoms with Crippen molar-refractivity contribution >= 4 is 6.03 Å². The molecule has 4 nitrogen and oxygen atoms in total. The fourth-order valence-corrected chi connectivity index (χ4v) is 2.75. The van der Waals surface area contributed by atoms with E-state index in [9.17, 15) is 9.18 Å². The molecular formula is C19H26FN3O. The van der Waals surface area contributed by atoms with Crippen LogP contribution in [0, 0.1) is 11.7 Å². The van der Waals surface area contributed by atoms with Crippen molar-refractivity contribution in [2.24, 2.45) is 5.92 Å². The molecule has 2 rings (SSSR count). The highest BCUT2D eigenvalue weighted by molar-refractivity contribution is 5.76. The molecule has 0 aromatic carbocycles. The number of carbonyl (C=O) groups is 1. The summed E-state index contributed by atoms with van der Waals surface area (Å²) in [6.45, 7) is 9.18. The van der Waals surface area contributed by atoms with Crippen LogP contribution in [0.3, 0.4) is 0 Å². The highest BCUT2D eigenvalue weighted by Crippen LogP contribution is 2.21. The number of fused-ring (bicyclic) bond motifs is 1. The van der Waals surface area contributed by atoms with E-state index in [1.54, 1.807) is 4.90 Å². The Hall–Kier alpha value is -2.17. The maximum absolute atomic E-state index is 13.2. The molecule has 2 heterocycles. The van der Waals surface area contributed by atoms with Gasteiger partial charge in [-0.2, -0.15) is 0 Å². The first-order chi connectivity index (χ1) is 11.4. The lowest BCUT2D eigenvalue weighted by Crippen LogP contribution is -2.35. The van der Waals surface area contributed by atoms with E-state index in [0.29, 0.717) is 19.0 Å². The number of allylic oxidation sites excluding steroid dienone is 4.